The van der Waals surface area contributed by atoms with Gasteiger partial charge in [0.25, 0.3) is 0 Å². The minimum atomic E-state index is -0.298. The number of nitrogens with zero attached hydrogens (tertiary/aromatic N) is 2. The van der Waals surface area contributed by atoms with Gasteiger partial charge in [-0.15, -0.1) is 0 Å². The van der Waals surface area contributed by atoms with Crippen LogP contribution in [-0.2, 0) is 4.74 Å². The highest BCUT2D eigenvalue weighted by molar-refractivity contribution is 5.14. The Bertz CT molecular complexity index is 326. The smallest absolute Gasteiger partial charge is 0.109 e. The Kier molecular flexibility index (Phi) is 8.24. The van der Waals surface area contributed by atoms with E-state index in [2.05, 4.69) is 37.1 Å². The van der Waals surface area contributed by atoms with E-state index in [0.29, 0.717) is 12.0 Å². The fraction of sp³-hybridized carbons (Fsp3) is 0.941. The van der Waals surface area contributed by atoms with Crippen LogP contribution in [0.1, 0.15) is 53.4 Å². The number of nitrogens with one attached hydrogen (secondary N) is 1. The number of hydrogen-bond acceptors (Lipinski definition) is 4. The van der Waals surface area contributed by atoms with E-state index in [1.54, 1.807) is 0 Å². The average molecular weight is 295 g/mol. The van der Waals surface area contributed by atoms with Gasteiger partial charge in [-0.05, 0) is 59.0 Å². The molecule has 0 radical (unpaired) electrons. The van der Waals surface area contributed by atoms with Gasteiger partial charge < -0.3 is 9.64 Å². The molecule has 2 unspecified atom stereocenters. The van der Waals surface area contributed by atoms with Crippen molar-refractivity contribution in [3.8, 4) is 6.07 Å². The van der Waals surface area contributed by atoms with Crippen LogP contribution < -0.4 is 5.32 Å². The quantitative estimate of drug-likeness (QED) is 0.630. The molecule has 0 aromatic carbocycles. The van der Waals surface area contributed by atoms with E-state index in [1.165, 1.54) is 12.8 Å². The fourth-order valence-corrected chi connectivity index (χ4v) is 3.46. The Balaban J connectivity index is 2.49. The van der Waals surface area contributed by atoms with E-state index >= 15 is 0 Å². The van der Waals surface area contributed by atoms with Crippen molar-refractivity contribution in [2.45, 2.75) is 65.0 Å². The summed E-state index contributed by atoms with van der Waals surface area (Å²) in [6.07, 6.45) is 4.45. The normalized spacial score (nSPS) is 25.7. The van der Waals surface area contributed by atoms with Gasteiger partial charge in [0.15, 0.2) is 0 Å². The molecule has 0 bridgehead atoms. The van der Waals surface area contributed by atoms with Crippen LogP contribution in [0.4, 0.5) is 0 Å². The molecule has 0 saturated heterocycles. The topological polar surface area (TPSA) is 48.3 Å². The monoisotopic (exact) mass is 295 g/mol. The van der Waals surface area contributed by atoms with Crippen molar-refractivity contribution in [3.63, 3.8) is 0 Å². The lowest BCUT2D eigenvalue weighted by Gasteiger charge is -2.33. The van der Waals surface area contributed by atoms with Crippen LogP contribution in [0.2, 0.25) is 0 Å². The van der Waals surface area contributed by atoms with Crippen LogP contribution in [-0.4, -0.2) is 49.3 Å². The van der Waals surface area contributed by atoms with Gasteiger partial charge >= 0.3 is 0 Å². The molecule has 0 amide bonds. The van der Waals surface area contributed by atoms with Crippen LogP contribution in [0.25, 0.3) is 0 Å². The van der Waals surface area contributed by atoms with E-state index in [9.17, 15) is 5.26 Å². The number of likely N-dealkylation sites (N-methyl/N-ethyl adjacent to an activating group) is 1. The first-order valence-corrected chi connectivity index (χ1v) is 8.57. The van der Waals surface area contributed by atoms with Gasteiger partial charge in [0.1, 0.15) is 5.54 Å². The predicted molar refractivity (Wildman–Crippen MR) is 87.2 cm³/mol. The lowest BCUT2D eigenvalue weighted by Crippen LogP contribution is -2.50. The van der Waals surface area contributed by atoms with Gasteiger partial charge in [-0.1, -0.05) is 13.3 Å². The second-order valence-corrected chi connectivity index (χ2v) is 6.39. The summed E-state index contributed by atoms with van der Waals surface area (Å²) in [6, 6.07) is 2.96. The molecule has 21 heavy (non-hydrogen) atoms. The molecule has 0 spiro atoms. The SMILES string of the molecule is CCOCCN(CC)CCC1CCCC1(C#N)NC(C)C. The Morgan fingerprint density at radius 2 is 2.14 bits per heavy atom. The Labute approximate surface area is 130 Å². The third-order valence-electron chi connectivity index (χ3n) is 4.56. The molecule has 1 N–H and O–H groups in total. The van der Waals surface area contributed by atoms with Gasteiger partial charge in [0, 0.05) is 19.2 Å². The van der Waals surface area contributed by atoms with E-state index in [-0.39, 0.29) is 5.54 Å². The van der Waals surface area contributed by atoms with Crippen LogP contribution in [0.15, 0.2) is 0 Å². The maximum absolute atomic E-state index is 9.69. The maximum atomic E-state index is 9.69. The van der Waals surface area contributed by atoms with Gasteiger partial charge in [-0.25, -0.2) is 0 Å². The number of rotatable bonds is 10. The highest BCUT2D eigenvalue weighted by Gasteiger charge is 2.43. The first-order valence-electron chi connectivity index (χ1n) is 8.57. The molecule has 122 valence electrons. The summed E-state index contributed by atoms with van der Waals surface area (Å²) in [4.78, 5) is 2.44. The minimum Gasteiger partial charge on any atom is -0.380 e. The third-order valence-corrected chi connectivity index (χ3v) is 4.56. The van der Waals surface area contributed by atoms with Crippen molar-refractivity contribution < 1.29 is 4.74 Å². The van der Waals surface area contributed by atoms with E-state index in [1.807, 2.05) is 6.92 Å². The highest BCUT2D eigenvalue weighted by atomic mass is 16.5. The molecule has 1 aliphatic carbocycles. The zero-order chi connectivity index (χ0) is 15.7. The number of nitriles is 1. The predicted octanol–water partition coefficient (Wildman–Crippen LogP) is 2.80. The van der Waals surface area contributed by atoms with Gasteiger partial charge in [-0.2, -0.15) is 5.26 Å². The average Bonchev–Trinajstić information content (AvgIpc) is 2.85. The third kappa shape index (κ3) is 5.58. The van der Waals surface area contributed by atoms with Crippen LogP contribution in [0.3, 0.4) is 0 Å². The van der Waals surface area contributed by atoms with Crippen molar-refractivity contribution in [2.24, 2.45) is 5.92 Å². The maximum Gasteiger partial charge on any atom is 0.109 e. The molecule has 0 aliphatic heterocycles. The second-order valence-electron chi connectivity index (χ2n) is 6.39. The Hall–Kier alpha value is -0.630. The Morgan fingerprint density at radius 1 is 1.38 bits per heavy atom. The van der Waals surface area contributed by atoms with E-state index in [4.69, 9.17) is 4.74 Å². The summed E-state index contributed by atoms with van der Waals surface area (Å²) in [5, 5.41) is 13.2. The molecule has 0 aromatic rings. The summed E-state index contributed by atoms with van der Waals surface area (Å²) < 4.78 is 5.45. The summed E-state index contributed by atoms with van der Waals surface area (Å²) in [5.41, 5.74) is -0.298. The van der Waals surface area contributed by atoms with Gasteiger partial charge in [0.05, 0.1) is 12.7 Å². The van der Waals surface area contributed by atoms with E-state index in [0.717, 1.165) is 45.7 Å². The van der Waals surface area contributed by atoms with Crippen molar-refractivity contribution in [2.75, 3.05) is 32.8 Å². The molecule has 2 atom stereocenters. The van der Waals surface area contributed by atoms with E-state index < -0.39 is 0 Å². The summed E-state index contributed by atoms with van der Waals surface area (Å²) in [7, 11) is 0. The van der Waals surface area contributed by atoms with Gasteiger partial charge in [-0.3, -0.25) is 5.32 Å². The zero-order valence-corrected chi connectivity index (χ0v) is 14.3. The van der Waals surface area contributed by atoms with Crippen molar-refractivity contribution in [1.29, 1.82) is 5.26 Å². The second kappa shape index (κ2) is 9.40. The van der Waals surface area contributed by atoms with Crippen molar-refractivity contribution in [1.82, 2.24) is 10.2 Å². The molecule has 1 saturated carbocycles. The molecular weight excluding hydrogens is 262 g/mol. The fourth-order valence-electron chi connectivity index (χ4n) is 3.46. The highest BCUT2D eigenvalue weighted by Crippen LogP contribution is 2.38. The molecule has 1 aliphatic rings. The molecule has 4 nitrogen and oxygen atoms in total. The van der Waals surface area contributed by atoms with Crippen LogP contribution in [0.5, 0.6) is 0 Å². The Morgan fingerprint density at radius 3 is 2.71 bits per heavy atom. The first-order chi connectivity index (χ1) is 10.1. The number of ether oxygens (including phenoxy) is 1. The summed E-state index contributed by atoms with van der Waals surface area (Å²) in [5.74, 6) is 0.478. The van der Waals surface area contributed by atoms with Crippen LogP contribution in [0, 0.1) is 17.2 Å². The van der Waals surface area contributed by atoms with Crippen molar-refractivity contribution in [3.05, 3.63) is 0 Å². The standard InChI is InChI=1S/C17H33N3O/c1-5-20(12-13-21-6-2)11-9-16-8-7-10-17(16,14-18)19-15(3)4/h15-16,19H,5-13H2,1-4H3. The van der Waals surface area contributed by atoms with Gasteiger partial charge in [0.2, 0.25) is 0 Å². The molecule has 0 aromatic heterocycles. The summed E-state index contributed by atoms with van der Waals surface area (Å²) in [6.45, 7) is 13.2. The first kappa shape index (κ1) is 18.4. The van der Waals surface area contributed by atoms with Crippen molar-refractivity contribution >= 4 is 0 Å². The minimum absolute atomic E-state index is 0.298. The largest absolute Gasteiger partial charge is 0.380 e. The molecular formula is C17H33N3O. The lowest BCUT2D eigenvalue weighted by atomic mass is 9.85. The van der Waals surface area contributed by atoms with Crippen LogP contribution >= 0.6 is 0 Å². The zero-order valence-electron chi connectivity index (χ0n) is 14.3. The lowest BCUT2D eigenvalue weighted by molar-refractivity contribution is 0.111. The molecule has 4 heteroatoms. The molecule has 1 fully saturated rings. The summed E-state index contributed by atoms with van der Waals surface area (Å²) >= 11 is 0. The number of hydrogen-bond donors (Lipinski definition) is 1. The molecule has 0 heterocycles. The molecule has 1 rings (SSSR count).